The second kappa shape index (κ2) is 9.97. The van der Waals surface area contributed by atoms with E-state index in [1.54, 1.807) is 24.3 Å². The summed E-state index contributed by atoms with van der Waals surface area (Å²) in [5.74, 6) is 0.181. The molecule has 1 N–H and O–H groups in total. The van der Waals surface area contributed by atoms with E-state index in [2.05, 4.69) is 5.32 Å². The van der Waals surface area contributed by atoms with Crippen LogP contribution in [0.2, 0.25) is 0 Å². The largest absolute Gasteiger partial charge is 0.493 e. The monoisotopic (exact) mass is 343 g/mol. The summed E-state index contributed by atoms with van der Waals surface area (Å²) >= 11 is 0. The average Bonchev–Trinajstić information content (AvgIpc) is 2.65. The Bertz CT molecular complexity index is 687. The average molecular weight is 343 g/mol. The van der Waals surface area contributed by atoms with Crippen molar-refractivity contribution in [3.63, 3.8) is 0 Å². The molecule has 0 fully saturated rings. The smallest absolute Gasteiger partial charge is 0.342 e. The molecule has 132 valence electrons. The molecule has 0 bridgehead atoms. The number of amides is 1. The van der Waals surface area contributed by atoms with Gasteiger partial charge in [-0.2, -0.15) is 0 Å². The van der Waals surface area contributed by atoms with Crippen LogP contribution in [-0.4, -0.2) is 38.2 Å². The van der Waals surface area contributed by atoms with Gasteiger partial charge in [-0.05, 0) is 31.2 Å². The highest BCUT2D eigenvalue weighted by molar-refractivity contribution is 5.93. The lowest BCUT2D eigenvalue weighted by Gasteiger charge is -2.10. The van der Waals surface area contributed by atoms with E-state index in [1.807, 2.05) is 37.3 Å². The van der Waals surface area contributed by atoms with Crippen molar-refractivity contribution in [3.05, 3.63) is 60.2 Å². The van der Waals surface area contributed by atoms with Crippen LogP contribution in [0, 0.1) is 0 Å². The first-order valence-corrected chi connectivity index (χ1v) is 8.04. The van der Waals surface area contributed by atoms with Gasteiger partial charge in [0.2, 0.25) is 0 Å². The van der Waals surface area contributed by atoms with Crippen molar-refractivity contribution in [1.82, 2.24) is 5.32 Å². The van der Waals surface area contributed by atoms with Gasteiger partial charge in [-0.1, -0.05) is 30.3 Å². The highest BCUT2D eigenvalue weighted by atomic mass is 16.5. The van der Waals surface area contributed by atoms with E-state index >= 15 is 0 Å². The summed E-state index contributed by atoms with van der Waals surface area (Å²) in [7, 11) is 0. The van der Waals surface area contributed by atoms with Crippen molar-refractivity contribution in [2.45, 2.75) is 6.92 Å². The van der Waals surface area contributed by atoms with Crippen molar-refractivity contribution in [3.8, 4) is 11.5 Å². The van der Waals surface area contributed by atoms with Gasteiger partial charge in [0.25, 0.3) is 5.91 Å². The Labute approximate surface area is 146 Å². The maximum atomic E-state index is 12.1. The van der Waals surface area contributed by atoms with Crippen molar-refractivity contribution < 1.29 is 23.8 Å². The number of benzene rings is 2. The van der Waals surface area contributed by atoms with Gasteiger partial charge < -0.3 is 19.5 Å². The summed E-state index contributed by atoms with van der Waals surface area (Å²) in [6.07, 6.45) is 0. The van der Waals surface area contributed by atoms with E-state index < -0.39 is 5.97 Å². The molecule has 0 unspecified atom stereocenters. The Morgan fingerprint density at radius 1 is 0.960 bits per heavy atom. The first kappa shape index (κ1) is 18.3. The molecule has 2 aromatic carbocycles. The van der Waals surface area contributed by atoms with Crippen LogP contribution in [0.15, 0.2) is 54.6 Å². The summed E-state index contributed by atoms with van der Waals surface area (Å²) in [5.41, 5.74) is 0.296. The molecule has 2 rings (SSSR count). The van der Waals surface area contributed by atoms with Gasteiger partial charge in [0.15, 0.2) is 6.61 Å². The standard InChI is InChI=1S/C19H21NO5/c1-2-23-17-11-7-6-10-16(17)19(22)25-14-18(21)20-12-13-24-15-8-4-3-5-9-15/h3-11H,2,12-14H2,1H3,(H,20,21). The molecule has 0 spiro atoms. The predicted octanol–water partition coefficient (Wildman–Crippen LogP) is 2.44. The minimum Gasteiger partial charge on any atom is -0.493 e. The number of para-hydroxylation sites is 2. The Morgan fingerprint density at radius 2 is 1.68 bits per heavy atom. The summed E-state index contributed by atoms with van der Waals surface area (Å²) in [5, 5.41) is 2.63. The zero-order chi connectivity index (χ0) is 17.9. The lowest BCUT2D eigenvalue weighted by Crippen LogP contribution is -2.32. The number of ether oxygens (including phenoxy) is 3. The summed E-state index contributed by atoms with van der Waals surface area (Å²) in [6, 6.07) is 16.0. The molecule has 0 radical (unpaired) electrons. The SMILES string of the molecule is CCOc1ccccc1C(=O)OCC(=O)NCCOc1ccccc1. The topological polar surface area (TPSA) is 73.9 Å². The van der Waals surface area contributed by atoms with Crippen LogP contribution in [0.3, 0.4) is 0 Å². The molecule has 25 heavy (non-hydrogen) atoms. The molecule has 2 aromatic rings. The second-order valence-corrected chi connectivity index (χ2v) is 5.02. The molecule has 1 amide bonds. The molecule has 0 heterocycles. The fourth-order valence-electron chi connectivity index (χ4n) is 2.05. The van der Waals surface area contributed by atoms with Crippen molar-refractivity contribution in [1.29, 1.82) is 0 Å². The molecule has 0 aliphatic heterocycles. The van der Waals surface area contributed by atoms with E-state index in [4.69, 9.17) is 14.2 Å². The van der Waals surface area contributed by atoms with Gasteiger partial charge in [-0.3, -0.25) is 4.79 Å². The third-order valence-electron chi connectivity index (χ3n) is 3.18. The molecule has 0 saturated heterocycles. The van der Waals surface area contributed by atoms with Gasteiger partial charge in [0.1, 0.15) is 23.7 Å². The number of carbonyl (C=O) groups is 2. The quantitative estimate of drug-likeness (QED) is 0.559. The van der Waals surface area contributed by atoms with Gasteiger partial charge in [-0.15, -0.1) is 0 Å². The van der Waals surface area contributed by atoms with Crippen LogP contribution >= 0.6 is 0 Å². The van der Waals surface area contributed by atoms with Gasteiger partial charge >= 0.3 is 5.97 Å². The molecule has 0 saturated carbocycles. The summed E-state index contributed by atoms with van der Waals surface area (Å²) in [6.45, 7) is 2.56. The fourth-order valence-corrected chi connectivity index (χ4v) is 2.05. The number of esters is 1. The van der Waals surface area contributed by atoms with Crippen LogP contribution < -0.4 is 14.8 Å². The Kier molecular flexibility index (Phi) is 7.31. The molecular weight excluding hydrogens is 322 g/mol. The highest BCUT2D eigenvalue weighted by Gasteiger charge is 2.14. The maximum absolute atomic E-state index is 12.1. The van der Waals surface area contributed by atoms with E-state index in [0.717, 1.165) is 5.75 Å². The molecular formula is C19H21NO5. The molecule has 6 nitrogen and oxygen atoms in total. The zero-order valence-corrected chi connectivity index (χ0v) is 14.1. The molecule has 6 heteroatoms. The highest BCUT2D eigenvalue weighted by Crippen LogP contribution is 2.18. The predicted molar refractivity (Wildman–Crippen MR) is 92.8 cm³/mol. The first-order chi connectivity index (χ1) is 12.2. The minimum absolute atomic E-state index is 0.296. The summed E-state index contributed by atoms with van der Waals surface area (Å²) < 4.78 is 15.8. The zero-order valence-electron chi connectivity index (χ0n) is 14.1. The van der Waals surface area contributed by atoms with Crippen LogP contribution in [0.4, 0.5) is 0 Å². The number of nitrogens with one attached hydrogen (secondary N) is 1. The maximum Gasteiger partial charge on any atom is 0.342 e. The lowest BCUT2D eigenvalue weighted by atomic mass is 10.2. The normalized spacial score (nSPS) is 9.96. The Hall–Kier alpha value is -3.02. The molecule has 0 aliphatic carbocycles. The number of rotatable bonds is 9. The van der Waals surface area contributed by atoms with Crippen molar-refractivity contribution in [2.75, 3.05) is 26.4 Å². The number of hydrogen-bond acceptors (Lipinski definition) is 5. The van der Waals surface area contributed by atoms with E-state index in [-0.39, 0.29) is 12.5 Å². The van der Waals surface area contributed by atoms with Crippen molar-refractivity contribution in [2.24, 2.45) is 0 Å². The minimum atomic E-state index is -0.597. The third kappa shape index (κ3) is 6.18. The van der Waals surface area contributed by atoms with Gasteiger partial charge in [0, 0.05) is 0 Å². The van der Waals surface area contributed by atoms with Crippen LogP contribution in [0.5, 0.6) is 11.5 Å². The first-order valence-electron chi connectivity index (χ1n) is 8.04. The second-order valence-electron chi connectivity index (χ2n) is 5.02. The molecule has 0 atom stereocenters. The van der Waals surface area contributed by atoms with E-state index in [1.165, 1.54) is 0 Å². The summed E-state index contributed by atoms with van der Waals surface area (Å²) in [4.78, 5) is 23.8. The Balaban J connectivity index is 1.70. The number of hydrogen-bond donors (Lipinski definition) is 1. The molecule has 0 aromatic heterocycles. The van der Waals surface area contributed by atoms with Gasteiger partial charge in [-0.25, -0.2) is 4.79 Å². The van der Waals surface area contributed by atoms with Gasteiger partial charge in [0.05, 0.1) is 13.2 Å². The van der Waals surface area contributed by atoms with Crippen LogP contribution in [0.1, 0.15) is 17.3 Å². The van der Waals surface area contributed by atoms with Crippen molar-refractivity contribution >= 4 is 11.9 Å². The van der Waals surface area contributed by atoms with E-state index in [9.17, 15) is 9.59 Å². The van der Waals surface area contributed by atoms with E-state index in [0.29, 0.717) is 31.1 Å². The molecule has 0 aliphatic rings. The van der Waals surface area contributed by atoms with Crippen LogP contribution in [-0.2, 0) is 9.53 Å². The Morgan fingerprint density at radius 3 is 2.44 bits per heavy atom. The lowest BCUT2D eigenvalue weighted by molar-refractivity contribution is -0.124. The fraction of sp³-hybridized carbons (Fsp3) is 0.263. The number of carbonyl (C=O) groups excluding carboxylic acids is 2. The third-order valence-corrected chi connectivity index (χ3v) is 3.18. The van der Waals surface area contributed by atoms with Crippen LogP contribution in [0.25, 0.3) is 0 Å².